The third-order valence-electron chi connectivity index (χ3n) is 4.82. The molecule has 1 amide bonds. The van der Waals surface area contributed by atoms with E-state index in [1.807, 2.05) is 25.1 Å². The first kappa shape index (κ1) is 20.5. The van der Waals surface area contributed by atoms with Gasteiger partial charge in [-0.05, 0) is 50.6 Å². The van der Waals surface area contributed by atoms with Gasteiger partial charge in [-0.2, -0.15) is 0 Å². The molecule has 26 heavy (non-hydrogen) atoms. The standard InChI is InChI=1S/C19H30ClN5O/c1-4-25-12-6-7-15(25)13-23-19(21-3)22-11-10-18(26)24-17-9-5-8-16(20)14(17)2/h5,8-9,15H,4,6-7,10-13H2,1-3H3,(H,24,26)(H2,21,22,23). The molecule has 1 aliphatic heterocycles. The zero-order valence-corrected chi connectivity index (χ0v) is 16.7. The Balaban J connectivity index is 1.71. The Morgan fingerprint density at radius 1 is 1.38 bits per heavy atom. The van der Waals surface area contributed by atoms with Gasteiger partial charge in [0.2, 0.25) is 5.91 Å². The summed E-state index contributed by atoms with van der Waals surface area (Å²) >= 11 is 6.08. The molecule has 3 N–H and O–H groups in total. The molecule has 0 aromatic heterocycles. The average molecular weight is 380 g/mol. The number of carbonyl (C=O) groups excluding carboxylic acids is 1. The monoisotopic (exact) mass is 379 g/mol. The number of guanidine groups is 1. The summed E-state index contributed by atoms with van der Waals surface area (Å²) in [6, 6.07) is 6.06. The lowest BCUT2D eigenvalue weighted by atomic mass is 10.2. The number of nitrogens with one attached hydrogen (secondary N) is 3. The zero-order valence-electron chi connectivity index (χ0n) is 15.9. The molecule has 1 aliphatic rings. The van der Waals surface area contributed by atoms with E-state index in [-0.39, 0.29) is 5.91 Å². The Morgan fingerprint density at radius 2 is 2.19 bits per heavy atom. The lowest BCUT2D eigenvalue weighted by molar-refractivity contribution is -0.116. The molecule has 1 aromatic rings. The van der Waals surface area contributed by atoms with E-state index in [0.717, 1.165) is 30.3 Å². The lowest BCUT2D eigenvalue weighted by Crippen LogP contribution is -2.45. The number of carbonyl (C=O) groups is 1. The van der Waals surface area contributed by atoms with E-state index in [9.17, 15) is 4.79 Å². The van der Waals surface area contributed by atoms with E-state index in [1.165, 1.54) is 19.4 Å². The van der Waals surface area contributed by atoms with Crippen molar-refractivity contribution in [3.63, 3.8) is 0 Å². The Kier molecular flexibility index (Phi) is 8.19. The van der Waals surface area contributed by atoms with Gasteiger partial charge in [0.25, 0.3) is 0 Å². The normalized spacial score (nSPS) is 18.0. The summed E-state index contributed by atoms with van der Waals surface area (Å²) in [7, 11) is 1.75. The van der Waals surface area contributed by atoms with Crippen LogP contribution in [0.4, 0.5) is 5.69 Å². The van der Waals surface area contributed by atoms with E-state index in [2.05, 4.69) is 32.8 Å². The number of anilines is 1. The summed E-state index contributed by atoms with van der Waals surface area (Å²) in [5, 5.41) is 10.1. The molecule has 0 bridgehead atoms. The number of amides is 1. The molecule has 1 heterocycles. The molecule has 0 aliphatic carbocycles. The molecule has 0 radical (unpaired) electrons. The van der Waals surface area contributed by atoms with E-state index in [0.29, 0.717) is 24.0 Å². The van der Waals surface area contributed by atoms with Gasteiger partial charge in [0.05, 0.1) is 0 Å². The molecular formula is C19H30ClN5O. The number of aliphatic imine (C=N–C) groups is 1. The average Bonchev–Trinajstić information content (AvgIpc) is 3.09. The molecule has 0 saturated carbocycles. The van der Waals surface area contributed by atoms with Crippen LogP contribution in [-0.4, -0.2) is 56.0 Å². The highest BCUT2D eigenvalue weighted by Crippen LogP contribution is 2.22. The van der Waals surface area contributed by atoms with Crippen molar-refractivity contribution < 1.29 is 4.79 Å². The Morgan fingerprint density at radius 3 is 2.92 bits per heavy atom. The van der Waals surface area contributed by atoms with Crippen LogP contribution in [0.5, 0.6) is 0 Å². The quantitative estimate of drug-likeness (QED) is 0.503. The van der Waals surface area contributed by atoms with Crippen LogP contribution in [0.15, 0.2) is 23.2 Å². The third-order valence-corrected chi connectivity index (χ3v) is 5.23. The van der Waals surface area contributed by atoms with Gasteiger partial charge < -0.3 is 16.0 Å². The van der Waals surface area contributed by atoms with Gasteiger partial charge in [-0.15, -0.1) is 0 Å². The Labute approximate surface area is 161 Å². The largest absolute Gasteiger partial charge is 0.356 e. The number of nitrogens with zero attached hydrogens (tertiary/aromatic N) is 2. The summed E-state index contributed by atoms with van der Waals surface area (Å²) in [6.07, 6.45) is 2.84. The highest BCUT2D eigenvalue weighted by atomic mass is 35.5. The number of hydrogen-bond donors (Lipinski definition) is 3. The maximum atomic E-state index is 12.1. The lowest BCUT2D eigenvalue weighted by Gasteiger charge is -2.23. The van der Waals surface area contributed by atoms with Crippen molar-refractivity contribution in [2.45, 2.75) is 39.2 Å². The molecule has 1 aromatic carbocycles. The highest BCUT2D eigenvalue weighted by Gasteiger charge is 2.22. The predicted molar refractivity (Wildman–Crippen MR) is 109 cm³/mol. The number of hydrogen-bond acceptors (Lipinski definition) is 3. The second kappa shape index (κ2) is 10.4. The predicted octanol–water partition coefficient (Wildman–Crippen LogP) is 2.63. The summed E-state index contributed by atoms with van der Waals surface area (Å²) in [5.41, 5.74) is 1.64. The minimum Gasteiger partial charge on any atom is -0.356 e. The minimum absolute atomic E-state index is 0.0497. The molecule has 1 unspecified atom stereocenters. The molecule has 1 atom stereocenters. The number of halogens is 1. The first-order chi connectivity index (χ1) is 12.5. The second-order valence-electron chi connectivity index (χ2n) is 6.52. The number of likely N-dealkylation sites (N-methyl/N-ethyl adjacent to an activating group) is 1. The maximum Gasteiger partial charge on any atom is 0.226 e. The fourth-order valence-corrected chi connectivity index (χ4v) is 3.40. The SMILES string of the molecule is CCN1CCCC1CNC(=NC)NCCC(=O)Nc1cccc(Cl)c1C. The van der Waals surface area contributed by atoms with Gasteiger partial charge in [0.15, 0.2) is 5.96 Å². The van der Waals surface area contributed by atoms with Gasteiger partial charge in [-0.3, -0.25) is 14.7 Å². The first-order valence-electron chi connectivity index (χ1n) is 9.28. The summed E-state index contributed by atoms with van der Waals surface area (Å²) < 4.78 is 0. The topological polar surface area (TPSA) is 68.8 Å². The van der Waals surface area contributed by atoms with Crippen molar-refractivity contribution in [3.05, 3.63) is 28.8 Å². The third kappa shape index (κ3) is 5.88. The fourth-order valence-electron chi connectivity index (χ4n) is 3.23. The van der Waals surface area contributed by atoms with Crippen LogP contribution in [0.3, 0.4) is 0 Å². The van der Waals surface area contributed by atoms with E-state index >= 15 is 0 Å². The molecule has 0 spiro atoms. The van der Waals surface area contributed by atoms with Crippen LogP contribution in [0, 0.1) is 6.92 Å². The minimum atomic E-state index is -0.0497. The molecule has 7 heteroatoms. The molecule has 1 saturated heterocycles. The van der Waals surface area contributed by atoms with Crippen molar-refractivity contribution in [1.82, 2.24) is 15.5 Å². The first-order valence-corrected chi connectivity index (χ1v) is 9.66. The molecule has 2 rings (SSSR count). The van der Waals surface area contributed by atoms with Crippen molar-refractivity contribution in [2.24, 2.45) is 4.99 Å². The van der Waals surface area contributed by atoms with Crippen LogP contribution in [-0.2, 0) is 4.79 Å². The van der Waals surface area contributed by atoms with Crippen molar-refractivity contribution >= 4 is 29.2 Å². The smallest absolute Gasteiger partial charge is 0.226 e. The zero-order chi connectivity index (χ0) is 18.9. The number of likely N-dealkylation sites (tertiary alicyclic amines) is 1. The Bertz CT molecular complexity index is 634. The summed E-state index contributed by atoms with van der Waals surface area (Å²) in [6.45, 7) is 7.75. The van der Waals surface area contributed by atoms with Crippen molar-refractivity contribution in [2.75, 3.05) is 38.5 Å². The van der Waals surface area contributed by atoms with Crippen LogP contribution < -0.4 is 16.0 Å². The molecule has 1 fully saturated rings. The van der Waals surface area contributed by atoms with Gasteiger partial charge >= 0.3 is 0 Å². The molecule has 6 nitrogen and oxygen atoms in total. The summed E-state index contributed by atoms with van der Waals surface area (Å²) in [5.74, 6) is 0.686. The van der Waals surface area contributed by atoms with Crippen LogP contribution in [0.25, 0.3) is 0 Å². The van der Waals surface area contributed by atoms with Gasteiger partial charge in [0, 0.05) is 43.3 Å². The molecular weight excluding hydrogens is 350 g/mol. The summed E-state index contributed by atoms with van der Waals surface area (Å²) in [4.78, 5) is 18.9. The Hall–Kier alpha value is -1.79. The van der Waals surface area contributed by atoms with Gasteiger partial charge in [-0.25, -0.2) is 0 Å². The molecule has 144 valence electrons. The maximum absolute atomic E-state index is 12.1. The van der Waals surface area contributed by atoms with Crippen molar-refractivity contribution in [3.8, 4) is 0 Å². The number of rotatable bonds is 7. The van der Waals surface area contributed by atoms with Crippen LogP contribution in [0.1, 0.15) is 31.7 Å². The van der Waals surface area contributed by atoms with E-state index in [1.54, 1.807) is 7.05 Å². The van der Waals surface area contributed by atoms with Gasteiger partial charge in [0.1, 0.15) is 0 Å². The van der Waals surface area contributed by atoms with Crippen molar-refractivity contribution in [1.29, 1.82) is 0 Å². The van der Waals surface area contributed by atoms with Crippen LogP contribution >= 0.6 is 11.6 Å². The second-order valence-corrected chi connectivity index (χ2v) is 6.92. The number of benzene rings is 1. The fraction of sp³-hybridized carbons (Fsp3) is 0.579. The van der Waals surface area contributed by atoms with Crippen LogP contribution in [0.2, 0.25) is 5.02 Å². The highest BCUT2D eigenvalue weighted by molar-refractivity contribution is 6.31. The van der Waals surface area contributed by atoms with E-state index < -0.39 is 0 Å². The van der Waals surface area contributed by atoms with Gasteiger partial charge in [-0.1, -0.05) is 24.6 Å². The van der Waals surface area contributed by atoms with E-state index in [4.69, 9.17) is 11.6 Å².